The Morgan fingerprint density at radius 2 is 2.61 bits per heavy atom. The van der Waals surface area contributed by atoms with E-state index in [-0.39, 0.29) is 6.10 Å². The molecule has 0 amide bonds. The fraction of sp³-hybridized carbons (Fsp3) is 0.667. The molecule has 1 unspecified atom stereocenters. The van der Waals surface area contributed by atoms with Crippen LogP contribution in [0.1, 0.15) is 19.0 Å². The summed E-state index contributed by atoms with van der Waals surface area (Å²) >= 11 is 1.64. The van der Waals surface area contributed by atoms with Crippen LogP contribution in [0.25, 0.3) is 0 Å². The van der Waals surface area contributed by atoms with Gasteiger partial charge < -0.3 is 15.0 Å². The van der Waals surface area contributed by atoms with E-state index in [0.717, 1.165) is 36.9 Å². The largest absolute Gasteiger partial charge is 0.360 e. The van der Waals surface area contributed by atoms with E-state index < -0.39 is 0 Å². The van der Waals surface area contributed by atoms with Crippen molar-refractivity contribution in [1.82, 2.24) is 10.3 Å². The van der Waals surface area contributed by atoms with E-state index in [4.69, 9.17) is 10.00 Å². The number of anilines is 1. The molecule has 0 saturated carbocycles. The fourth-order valence-electron chi connectivity index (χ4n) is 1.82. The van der Waals surface area contributed by atoms with E-state index in [2.05, 4.69) is 33.6 Å². The molecule has 1 aromatic rings. The number of morpholine rings is 1. The van der Waals surface area contributed by atoms with Crippen molar-refractivity contribution in [2.45, 2.75) is 26.0 Å². The third kappa shape index (κ3) is 3.42. The molecule has 0 radical (unpaired) electrons. The highest BCUT2D eigenvalue weighted by molar-refractivity contribution is 7.13. The van der Waals surface area contributed by atoms with E-state index in [9.17, 15) is 0 Å². The van der Waals surface area contributed by atoms with Crippen molar-refractivity contribution in [3.63, 3.8) is 0 Å². The van der Waals surface area contributed by atoms with Crippen molar-refractivity contribution >= 4 is 16.5 Å². The summed E-state index contributed by atoms with van der Waals surface area (Å²) < 4.78 is 5.33. The monoisotopic (exact) mass is 266 g/mol. The molecule has 1 aliphatic rings. The Labute approximate surface area is 111 Å². The topological polar surface area (TPSA) is 61.2 Å². The predicted molar refractivity (Wildman–Crippen MR) is 71.7 cm³/mol. The summed E-state index contributed by atoms with van der Waals surface area (Å²) in [6, 6.07) is 2.15. The minimum atomic E-state index is -0.329. The van der Waals surface area contributed by atoms with Crippen LogP contribution in [0.15, 0.2) is 5.38 Å². The second-order valence-electron chi connectivity index (χ2n) is 4.23. The number of ether oxygens (including phenoxy) is 1. The molecule has 1 saturated heterocycles. The van der Waals surface area contributed by atoms with Crippen molar-refractivity contribution in [2.24, 2.45) is 0 Å². The molecule has 0 bridgehead atoms. The van der Waals surface area contributed by atoms with Gasteiger partial charge in [-0.25, -0.2) is 4.98 Å². The molecule has 0 aliphatic carbocycles. The van der Waals surface area contributed by atoms with Crippen molar-refractivity contribution in [1.29, 1.82) is 5.26 Å². The molecule has 2 rings (SSSR count). The van der Waals surface area contributed by atoms with Gasteiger partial charge in [0.15, 0.2) is 11.2 Å². The molecule has 0 spiro atoms. The lowest BCUT2D eigenvalue weighted by atomic mass is 10.3. The second-order valence-corrected chi connectivity index (χ2v) is 5.07. The first-order valence-corrected chi connectivity index (χ1v) is 7.12. The zero-order valence-corrected chi connectivity index (χ0v) is 11.4. The van der Waals surface area contributed by atoms with Crippen molar-refractivity contribution in [2.75, 3.05) is 31.1 Å². The molecular formula is C12H18N4OS. The maximum atomic E-state index is 8.88. The van der Waals surface area contributed by atoms with Gasteiger partial charge in [-0.1, -0.05) is 6.92 Å². The van der Waals surface area contributed by atoms with Crippen LogP contribution in [-0.2, 0) is 11.3 Å². The molecule has 1 aliphatic heterocycles. The minimum Gasteiger partial charge on any atom is -0.360 e. The van der Waals surface area contributed by atoms with E-state index in [0.29, 0.717) is 13.2 Å². The Hall–Kier alpha value is -1.16. The van der Waals surface area contributed by atoms with Gasteiger partial charge in [-0.3, -0.25) is 0 Å². The van der Waals surface area contributed by atoms with Crippen LogP contribution in [0, 0.1) is 11.3 Å². The SMILES string of the molecule is CCCNCc1csc(N2CCOC(C#N)C2)n1. The molecule has 1 N–H and O–H groups in total. The van der Waals surface area contributed by atoms with Crippen LogP contribution in [-0.4, -0.2) is 37.3 Å². The zero-order chi connectivity index (χ0) is 12.8. The van der Waals surface area contributed by atoms with Gasteiger partial charge >= 0.3 is 0 Å². The summed E-state index contributed by atoms with van der Waals surface area (Å²) in [5, 5.41) is 15.3. The van der Waals surface area contributed by atoms with Gasteiger partial charge in [-0.15, -0.1) is 11.3 Å². The number of aromatic nitrogens is 1. The first-order chi connectivity index (χ1) is 8.83. The first-order valence-electron chi connectivity index (χ1n) is 6.24. The van der Waals surface area contributed by atoms with Gasteiger partial charge in [-0.2, -0.15) is 5.26 Å². The lowest BCUT2D eigenvalue weighted by Gasteiger charge is -2.29. The molecule has 2 heterocycles. The maximum Gasteiger partial charge on any atom is 0.185 e. The van der Waals surface area contributed by atoms with E-state index in [1.54, 1.807) is 11.3 Å². The molecule has 98 valence electrons. The van der Waals surface area contributed by atoms with Crippen LogP contribution in [0.3, 0.4) is 0 Å². The van der Waals surface area contributed by atoms with Gasteiger partial charge in [0, 0.05) is 18.5 Å². The highest BCUT2D eigenvalue weighted by Gasteiger charge is 2.22. The van der Waals surface area contributed by atoms with E-state index >= 15 is 0 Å². The van der Waals surface area contributed by atoms with Gasteiger partial charge in [0.2, 0.25) is 0 Å². The number of nitrogens with zero attached hydrogens (tertiary/aromatic N) is 3. The van der Waals surface area contributed by atoms with Crippen molar-refractivity contribution in [3.05, 3.63) is 11.1 Å². The average molecular weight is 266 g/mol. The van der Waals surface area contributed by atoms with Gasteiger partial charge in [-0.05, 0) is 13.0 Å². The number of nitriles is 1. The average Bonchev–Trinajstić information content (AvgIpc) is 2.88. The Bertz CT molecular complexity index is 414. The van der Waals surface area contributed by atoms with Crippen molar-refractivity contribution < 1.29 is 4.74 Å². The Kier molecular flexibility index (Phi) is 4.93. The van der Waals surface area contributed by atoms with Gasteiger partial charge in [0.25, 0.3) is 0 Å². The smallest absolute Gasteiger partial charge is 0.185 e. The first kappa shape index (κ1) is 13.3. The number of hydrogen-bond donors (Lipinski definition) is 1. The Balaban J connectivity index is 1.91. The third-order valence-corrected chi connectivity index (χ3v) is 3.70. The highest BCUT2D eigenvalue weighted by atomic mass is 32.1. The Morgan fingerprint density at radius 1 is 1.72 bits per heavy atom. The highest BCUT2D eigenvalue weighted by Crippen LogP contribution is 2.22. The second kappa shape index (κ2) is 6.69. The van der Waals surface area contributed by atoms with Gasteiger partial charge in [0.1, 0.15) is 0 Å². The molecule has 0 aromatic carbocycles. The van der Waals surface area contributed by atoms with Crippen LogP contribution in [0.5, 0.6) is 0 Å². The van der Waals surface area contributed by atoms with Crippen LogP contribution >= 0.6 is 11.3 Å². The summed E-state index contributed by atoms with van der Waals surface area (Å²) in [4.78, 5) is 6.72. The molecule has 5 nitrogen and oxygen atoms in total. The number of thiazole rings is 1. The summed E-state index contributed by atoms with van der Waals surface area (Å²) in [5.74, 6) is 0. The maximum absolute atomic E-state index is 8.88. The summed E-state index contributed by atoms with van der Waals surface area (Å²) in [5.41, 5.74) is 1.07. The van der Waals surface area contributed by atoms with Gasteiger partial charge in [0.05, 0.1) is 24.9 Å². The number of rotatable bonds is 5. The molecule has 6 heteroatoms. The molecule has 1 atom stereocenters. The van der Waals surface area contributed by atoms with Crippen molar-refractivity contribution in [3.8, 4) is 6.07 Å². The van der Waals surface area contributed by atoms with Crippen LogP contribution in [0.4, 0.5) is 5.13 Å². The lowest BCUT2D eigenvalue weighted by molar-refractivity contribution is 0.0764. The zero-order valence-electron chi connectivity index (χ0n) is 10.6. The lowest BCUT2D eigenvalue weighted by Crippen LogP contribution is -2.41. The van der Waals surface area contributed by atoms with E-state index in [1.165, 1.54) is 0 Å². The molecule has 1 fully saturated rings. The Morgan fingerprint density at radius 3 is 3.39 bits per heavy atom. The standard InChI is InChI=1S/C12H18N4OS/c1-2-3-14-7-10-9-18-12(15-10)16-4-5-17-11(6-13)8-16/h9,11,14H,2-5,7-8H2,1H3. The third-order valence-electron chi connectivity index (χ3n) is 2.75. The molecular weight excluding hydrogens is 248 g/mol. The molecule has 18 heavy (non-hydrogen) atoms. The summed E-state index contributed by atoms with van der Waals surface area (Å²) in [7, 11) is 0. The van der Waals surface area contributed by atoms with Crippen LogP contribution in [0.2, 0.25) is 0 Å². The molecule has 1 aromatic heterocycles. The minimum absolute atomic E-state index is 0.329. The number of hydrogen-bond acceptors (Lipinski definition) is 6. The summed E-state index contributed by atoms with van der Waals surface area (Å²) in [6.07, 6.45) is 0.800. The summed E-state index contributed by atoms with van der Waals surface area (Å²) in [6.45, 7) is 6.01. The predicted octanol–water partition coefficient (Wildman–Crippen LogP) is 1.37. The normalized spacial score (nSPS) is 19.8. The fourth-order valence-corrected chi connectivity index (χ4v) is 2.68. The quantitative estimate of drug-likeness (QED) is 0.816. The number of nitrogens with one attached hydrogen (secondary N) is 1. The van der Waals surface area contributed by atoms with E-state index in [1.807, 2.05) is 0 Å². The van der Waals surface area contributed by atoms with Crippen LogP contribution < -0.4 is 10.2 Å².